The highest BCUT2D eigenvalue weighted by Gasteiger charge is 2.11. The Hall–Kier alpha value is -4.71. The smallest absolute Gasteiger partial charge is 0.160 e. The quantitative estimate of drug-likeness (QED) is 0.295. The van der Waals surface area contributed by atoms with Gasteiger partial charge in [0.25, 0.3) is 0 Å². The summed E-state index contributed by atoms with van der Waals surface area (Å²) in [5.74, 6) is 1.80. The molecule has 0 fully saturated rings. The van der Waals surface area contributed by atoms with Crippen LogP contribution >= 0.6 is 0 Å². The van der Waals surface area contributed by atoms with Crippen LogP contribution in [0.25, 0.3) is 33.2 Å². The molecule has 0 aliphatic heterocycles. The standard InChI is InChI=1S/C28H21N5O/c34-21-13-10-18(11-14-21)16-25-22-8-4-5-9-23(22)28(33-32-25)29-20-12-15-24-26(17-20)31-27(30-24)19-6-2-1-3-7-19/h1-15,17,34H,16H2,(H,29,33)(H,30,31). The highest BCUT2D eigenvalue weighted by Crippen LogP contribution is 2.29. The van der Waals surface area contributed by atoms with E-state index in [-0.39, 0.29) is 5.75 Å². The lowest BCUT2D eigenvalue weighted by Gasteiger charge is -2.11. The number of fused-ring (bicyclic) bond motifs is 2. The van der Waals surface area contributed by atoms with E-state index in [0.29, 0.717) is 12.2 Å². The Kier molecular flexibility index (Phi) is 4.88. The molecule has 164 valence electrons. The second kappa shape index (κ2) is 8.33. The SMILES string of the molecule is Oc1ccc(Cc2nnc(Nc3ccc4[nH]c(-c5ccccc5)nc4c3)c3ccccc23)cc1. The van der Waals surface area contributed by atoms with Crippen molar-refractivity contribution < 1.29 is 5.11 Å². The van der Waals surface area contributed by atoms with Crippen molar-refractivity contribution in [2.24, 2.45) is 0 Å². The summed E-state index contributed by atoms with van der Waals surface area (Å²) in [7, 11) is 0. The van der Waals surface area contributed by atoms with E-state index in [2.05, 4.69) is 26.6 Å². The van der Waals surface area contributed by atoms with Crippen molar-refractivity contribution in [3.05, 3.63) is 108 Å². The van der Waals surface area contributed by atoms with E-state index in [1.54, 1.807) is 12.1 Å². The van der Waals surface area contributed by atoms with Gasteiger partial charge in [-0.1, -0.05) is 66.7 Å². The molecule has 0 bridgehead atoms. The summed E-state index contributed by atoms with van der Waals surface area (Å²) < 4.78 is 0. The first kappa shape index (κ1) is 19.9. The fourth-order valence-electron chi connectivity index (χ4n) is 4.14. The molecular weight excluding hydrogens is 422 g/mol. The van der Waals surface area contributed by atoms with E-state index >= 15 is 0 Å². The predicted molar refractivity (Wildman–Crippen MR) is 135 cm³/mol. The third-order valence-corrected chi connectivity index (χ3v) is 5.86. The van der Waals surface area contributed by atoms with Gasteiger partial charge in [-0.15, -0.1) is 5.10 Å². The molecule has 6 heteroatoms. The molecule has 6 nitrogen and oxygen atoms in total. The van der Waals surface area contributed by atoms with Crippen molar-refractivity contribution in [3.63, 3.8) is 0 Å². The number of aromatic amines is 1. The van der Waals surface area contributed by atoms with Crippen molar-refractivity contribution in [2.45, 2.75) is 6.42 Å². The topological polar surface area (TPSA) is 86.7 Å². The zero-order valence-electron chi connectivity index (χ0n) is 18.2. The van der Waals surface area contributed by atoms with Crippen LogP contribution in [0.5, 0.6) is 5.75 Å². The van der Waals surface area contributed by atoms with Gasteiger partial charge >= 0.3 is 0 Å². The molecular formula is C28H21N5O. The fraction of sp³-hybridized carbons (Fsp3) is 0.0357. The van der Waals surface area contributed by atoms with Crippen molar-refractivity contribution in [3.8, 4) is 17.1 Å². The zero-order chi connectivity index (χ0) is 22.9. The Morgan fingerprint density at radius 2 is 1.53 bits per heavy atom. The lowest BCUT2D eigenvalue weighted by atomic mass is 10.0. The second-order valence-electron chi connectivity index (χ2n) is 8.19. The first-order valence-corrected chi connectivity index (χ1v) is 11.1. The number of nitrogens with one attached hydrogen (secondary N) is 2. The molecule has 0 saturated carbocycles. The minimum absolute atomic E-state index is 0.254. The van der Waals surface area contributed by atoms with Gasteiger partial charge in [0.05, 0.1) is 16.7 Å². The molecule has 6 rings (SSSR count). The number of rotatable bonds is 5. The number of nitrogens with zero attached hydrogens (tertiary/aromatic N) is 3. The van der Waals surface area contributed by atoms with Crippen molar-refractivity contribution in [1.82, 2.24) is 20.2 Å². The number of hydrogen-bond acceptors (Lipinski definition) is 5. The number of hydrogen-bond donors (Lipinski definition) is 3. The first-order chi connectivity index (χ1) is 16.7. The molecule has 0 saturated heterocycles. The van der Waals surface area contributed by atoms with Crippen LogP contribution in [0.2, 0.25) is 0 Å². The van der Waals surface area contributed by atoms with E-state index in [1.807, 2.05) is 78.9 Å². The van der Waals surface area contributed by atoms with Gasteiger partial charge in [0.15, 0.2) is 5.82 Å². The van der Waals surface area contributed by atoms with Crippen LogP contribution in [0, 0.1) is 0 Å². The summed E-state index contributed by atoms with van der Waals surface area (Å²) >= 11 is 0. The molecule has 0 spiro atoms. The minimum atomic E-state index is 0.254. The van der Waals surface area contributed by atoms with Gasteiger partial charge in [0.2, 0.25) is 0 Å². The summed E-state index contributed by atoms with van der Waals surface area (Å²) in [5, 5.41) is 24.1. The van der Waals surface area contributed by atoms with Crippen LogP contribution in [-0.4, -0.2) is 25.3 Å². The van der Waals surface area contributed by atoms with Crippen LogP contribution in [0.4, 0.5) is 11.5 Å². The lowest BCUT2D eigenvalue weighted by molar-refractivity contribution is 0.475. The van der Waals surface area contributed by atoms with Crippen molar-refractivity contribution in [2.75, 3.05) is 5.32 Å². The molecule has 0 radical (unpaired) electrons. The molecule has 4 aromatic carbocycles. The Labute approximate surface area is 196 Å². The number of aromatic hydroxyl groups is 1. The van der Waals surface area contributed by atoms with Gasteiger partial charge in [-0.2, -0.15) is 5.10 Å². The molecule has 0 aliphatic rings. The normalized spacial score (nSPS) is 11.2. The minimum Gasteiger partial charge on any atom is -0.508 e. The largest absolute Gasteiger partial charge is 0.508 e. The maximum Gasteiger partial charge on any atom is 0.160 e. The number of phenolic OH excluding ortho intramolecular Hbond substituents is 1. The van der Waals surface area contributed by atoms with E-state index in [4.69, 9.17) is 4.98 Å². The lowest BCUT2D eigenvalue weighted by Crippen LogP contribution is -2.02. The molecule has 6 aromatic rings. The summed E-state index contributed by atoms with van der Waals surface area (Å²) in [6.07, 6.45) is 0.634. The Balaban J connectivity index is 1.33. The van der Waals surface area contributed by atoms with E-state index in [9.17, 15) is 5.11 Å². The highest BCUT2D eigenvalue weighted by molar-refractivity contribution is 5.95. The Morgan fingerprint density at radius 1 is 0.765 bits per heavy atom. The number of phenols is 1. The van der Waals surface area contributed by atoms with Crippen molar-refractivity contribution >= 4 is 33.3 Å². The molecule has 0 amide bonds. The van der Waals surface area contributed by atoms with Crippen LogP contribution in [0.15, 0.2) is 97.1 Å². The van der Waals surface area contributed by atoms with Crippen LogP contribution < -0.4 is 5.32 Å². The van der Waals surface area contributed by atoms with Gasteiger partial charge in [0, 0.05) is 28.4 Å². The number of anilines is 2. The summed E-state index contributed by atoms with van der Waals surface area (Å²) in [5.41, 5.74) is 5.76. The molecule has 2 heterocycles. The third-order valence-electron chi connectivity index (χ3n) is 5.86. The maximum absolute atomic E-state index is 9.55. The monoisotopic (exact) mass is 443 g/mol. The molecule has 0 atom stereocenters. The average molecular weight is 444 g/mol. The molecule has 34 heavy (non-hydrogen) atoms. The van der Waals surface area contributed by atoms with Gasteiger partial charge in [0.1, 0.15) is 11.6 Å². The van der Waals surface area contributed by atoms with E-state index in [1.165, 1.54) is 0 Å². The predicted octanol–water partition coefficient (Wildman–Crippen LogP) is 6.21. The number of aromatic nitrogens is 4. The first-order valence-electron chi connectivity index (χ1n) is 11.1. The van der Waals surface area contributed by atoms with E-state index in [0.717, 1.165) is 50.1 Å². The van der Waals surface area contributed by atoms with E-state index < -0.39 is 0 Å². The van der Waals surface area contributed by atoms with Gasteiger partial charge in [-0.25, -0.2) is 4.98 Å². The summed E-state index contributed by atoms with van der Waals surface area (Å²) in [4.78, 5) is 8.15. The van der Waals surface area contributed by atoms with Crippen LogP contribution in [0.3, 0.4) is 0 Å². The number of imidazole rings is 1. The van der Waals surface area contributed by atoms with Crippen LogP contribution in [-0.2, 0) is 6.42 Å². The Morgan fingerprint density at radius 3 is 2.35 bits per heavy atom. The Bertz CT molecular complexity index is 1610. The number of H-pyrrole nitrogens is 1. The van der Waals surface area contributed by atoms with Gasteiger partial charge in [-0.3, -0.25) is 0 Å². The zero-order valence-corrected chi connectivity index (χ0v) is 18.2. The molecule has 0 aliphatic carbocycles. The average Bonchev–Trinajstić information content (AvgIpc) is 3.31. The molecule has 3 N–H and O–H groups in total. The number of benzene rings is 4. The van der Waals surface area contributed by atoms with Crippen LogP contribution in [0.1, 0.15) is 11.3 Å². The molecule has 2 aromatic heterocycles. The van der Waals surface area contributed by atoms with Gasteiger partial charge < -0.3 is 15.4 Å². The maximum atomic E-state index is 9.55. The van der Waals surface area contributed by atoms with Crippen molar-refractivity contribution in [1.29, 1.82) is 0 Å². The summed E-state index contributed by atoms with van der Waals surface area (Å²) in [6.45, 7) is 0. The third kappa shape index (κ3) is 3.82. The fourth-order valence-corrected chi connectivity index (χ4v) is 4.14. The second-order valence-corrected chi connectivity index (χ2v) is 8.19. The van der Waals surface area contributed by atoms with Gasteiger partial charge in [-0.05, 0) is 35.9 Å². The highest BCUT2D eigenvalue weighted by atomic mass is 16.3. The summed E-state index contributed by atoms with van der Waals surface area (Å²) in [6, 6.07) is 31.4. The molecule has 0 unspecified atom stereocenters.